The van der Waals surface area contributed by atoms with Gasteiger partial charge in [0.2, 0.25) is 5.82 Å². The molecule has 130 valence electrons. The molecule has 0 aliphatic heterocycles. The Hall–Kier alpha value is -3.12. The number of halogens is 1. The van der Waals surface area contributed by atoms with Crippen LogP contribution in [0.3, 0.4) is 0 Å². The van der Waals surface area contributed by atoms with Crippen molar-refractivity contribution in [3.8, 4) is 22.8 Å². The quantitative estimate of drug-likeness (QED) is 0.504. The molecule has 0 radical (unpaired) electrons. The number of fused-ring (bicyclic) bond motifs is 1. The summed E-state index contributed by atoms with van der Waals surface area (Å²) in [5.41, 5.74) is 1.95. The van der Waals surface area contributed by atoms with Crippen LogP contribution in [0.25, 0.3) is 33.8 Å². The van der Waals surface area contributed by atoms with Crippen LogP contribution in [0.15, 0.2) is 62.3 Å². The van der Waals surface area contributed by atoms with Gasteiger partial charge in [-0.3, -0.25) is 0 Å². The third-order valence-electron chi connectivity index (χ3n) is 3.99. The Kier molecular flexibility index (Phi) is 3.97. The first-order valence-corrected chi connectivity index (χ1v) is 8.24. The summed E-state index contributed by atoms with van der Waals surface area (Å²) in [7, 11) is 3.93. The van der Waals surface area contributed by atoms with E-state index >= 15 is 0 Å². The molecule has 6 nitrogen and oxygen atoms in total. The summed E-state index contributed by atoms with van der Waals surface area (Å²) in [5, 5.41) is 5.20. The molecule has 7 heteroatoms. The molecule has 26 heavy (non-hydrogen) atoms. The van der Waals surface area contributed by atoms with Crippen molar-refractivity contribution < 1.29 is 8.94 Å². The van der Waals surface area contributed by atoms with Crippen molar-refractivity contribution in [1.82, 2.24) is 10.1 Å². The molecule has 0 atom stereocenters. The zero-order valence-corrected chi connectivity index (χ0v) is 14.8. The van der Waals surface area contributed by atoms with Crippen molar-refractivity contribution >= 4 is 28.3 Å². The van der Waals surface area contributed by atoms with E-state index in [-0.39, 0.29) is 11.5 Å². The van der Waals surface area contributed by atoms with Gasteiger partial charge in [-0.25, -0.2) is 4.79 Å². The van der Waals surface area contributed by atoms with Crippen LogP contribution in [0, 0.1) is 0 Å². The highest BCUT2D eigenvalue weighted by molar-refractivity contribution is 6.31. The lowest BCUT2D eigenvalue weighted by molar-refractivity contribution is 0.429. The molecule has 0 aliphatic carbocycles. The van der Waals surface area contributed by atoms with Crippen LogP contribution in [0.4, 0.5) is 5.69 Å². The Bertz CT molecular complexity index is 1150. The highest BCUT2D eigenvalue weighted by Gasteiger charge is 2.16. The van der Waals surface area contributed by atoms with E-state index in [0.717, 1.165) is 11.3 Å². The molecule has 2 aromatic carbocycles. The fourth-order valence-electron chi connectivity index (χ4n) is 2.60. The van der Waals surface area contributed by atoms with Crippen molar-refractivity contribution in [2.45, 2.75) is 0 Å². The summed E-state index contributed by atoms with van der Waals surface area (Å²) in [6.07, 6.45) is 0. The van der Waals surface area contributed by atoms with Gasteiger partial charge in [0.25, 0.3) is 5.89 Å². The van der Waals surface area contributed by atoms with Crippen LogP contribution < -0.4 is 10.5 Å². The molecule has 4 aromatic rings. The molecule has 0 amide bonds. The van der Waals surface area contributed by atoms with E-state index in [9.17, 15) is 4.79 Å². The molecule has 0 aliphatic rings. The number of benzene rings is 2. The molecule has 0 fully saturated rings. The summed E-state index contributed by atoms with van der Waals surface area (Å²) in [6, 6.07) is 14.4. The molecule has 2 heterocycles. The Morgan fingerprint density at radius 3 is 2.54 bits per heavy atom. The molecule has 0 saturated carbocycles. The van der Waals surface area contributed by atoms with E-state index in [4.69, 9.17) is 20.5 Å². The minimum Gasteiger partial charge on any atom is -0.422 e. The standard InChI is InChI=1S/C19H14ClN3O3/c1-23(2)14-6-3-11(4-7-14)17-21-18(26-22-17)15-10-12-9-13(20)5-8-16(12)25-19(15)24/h3-10H,1-2H3. The monoisotopic (exact) mass is 367 g/mol. The van der Waals surface area contributed by atoms with E-state index in [2.05, 4.69) is 10.1 Å². The number of anilines is 1. The van der Waals surface area contributed by atoms with Gasteiger partial charge >= 0.3 is 5.63 Å². The zero-order valence-electron chi connectivity index (χ0n) is 14.1. The van der Waals surface area contributed by atoms with Crippen molar-refractivity contribution in [2.24, 2.45) is 0 Å². The Labute approximate surface area is 153 Å². The van der Waals surface area contributed by atoms with Gasteiger partial charge in [-0.15, -0.1) is 0 Å². The molecule has 4 rings (SSSR count). The minimum atomic E-state index is -0.544. The average Bonchev–Trinajstić information content (AvgIpc) is 3.11. The number of aromatic nitrogens is 2. The summed E-state index contributed by atoms with van der Waals surface area (Å²) in [5.74, 6) is 0.503. The van der Waals surface area contributed by atoms with Gasteiger partial charge < -0.3 is 13.8 Å². The fourth-order valence-corrected chi connectivity index (χ4v) is 2.78. The number of hydrogen-bond donors (Lipinski definition) is 0. The van der Waals surface area contributed by atoms with Gasteiger partial charge in [0, 0.05) is 35.8 Å². The third-order valence-corrected chi connectivity index (χ3v) is 4.23. The molecular weight excluding hydrogens is 354 g/mol. The second-order valence-corrected chi connectivity index (χ2v) is 6.43. The smallest absolute Gasteiger partial charge is 0.349 e. The van der Waals surface area contributed by atoms with Crippen LogP contribution in [-0.4, -0.2) is 24.2 Å². The molecule has 2 aromatic heterocycles. The van der Waals surface area contributed by atoms with Crippen LogP contribution in [0.1, 0.15) is 0 Å². The van der Waals surface area contributed by atoms with Gasteiger partial charge in [-0.2, -0.15) is 4.98 Å². The summed E-state index contributed by atoms with van der Waals surface area (Å²) in [4.78, 5) is 18.6. The van der Waals surface area contributed by atoms with E-state index in [1.54, 1.807) is 24.3 Å². The highest BCUT2D eigenvalue weighted by atomic mass is 35.5. The largest absolute Gasteiger partial charge is 0.422 e. The van der Waals surface area contributed by atoms with Crippen molar-refractivity contribution in [3.63, 3.8) is 0 Å². The maximum absolute atomic E-state index is 12.3. The topological polar surface area (TPSA) is 72.4 Å². The first-order valence-electron chi connectivity index (χ1n) is 7.86. The number of hydrogen-bond acceptors (Lipinski definition) is 6. The lowest BCUT2D eigenvalue weighted by atomic mass is 10.2. The Balaban J connectivity index is 1.75. The summed E-state index contributed by atoms with van der Waals surface area (Å²) in [6.45, 7) is 0. The third kappa shape index (κ3) is 2.95. The normalized spacial score (nSPS) is 11.0. The lowest BCUT2D eigenvalue weighted by Crippen LogP contribution is -2.07. The first-order chi connectivity index (χ1) is 12.5. The van der Waals surface area contributed by atoms with Crippen molar-refractivity contribution in [2.75, 3.05) is 19.0 Å². The maximum Gasteiger partial charge on any atom is 0.349 e. The van der Waals surface area contributed by atoms with Crippen LogP contribution in [0.5, 0.6) is 0 Å². The van der Waals surface area contributed by atoms with E-state index in [0.29, 0.717) is 21.8 Å². The average molecular weight is 368 g/mol. The second kappa shape index (κ2) is 6.31. The van der Waals surface area contributed by atoms with Crippen molar-refractivity contribution in [1.29, 1.82) is 0 Å². The maximum atomic E-state index is 12.3. The van der Waals surface area contributed by atoms with Gasteiger partial charge in [-0.1, -0.05) is 16.8 Å². The van der Waals surface area contributed by atoms with Gasteiger partial charge in [0.05, 0.1) is 0 Å². The Morgan fingerprint density at radius 1 is 1.04 bits per heavy atom. The molecule has 0 bridgehead atoms. The molecule has 0 spiro atoms. The summed E-state index contributed by atoms with van der Waals surface area (Å²) >= 11 is 6.00. The van der Waals surface area contributed by atoms with Gasteiger partial charge in [0.15, 0.2) is 0 Å². The van der Waals surface area contributed by atoms with E-state index in [1.165, 1.54) is 0 Å². The number of nitrogens with zero attached hydrogens (tertiary/aromatic N) is 3. The van der Waals surface area contributed by atoms with Gasteiger partial charge in [-0.05, 0) is 48.5 Å². The molecule has 0 N–H and O–H groups in total. The van der Waals surface area contributed by atoms with Crippen molar-refractivity contribution in [3.05, 3.63) is 64.0 Å². The molecule has 0 saturated heterocycles. The van der Waals surface area contributed by atoms with Gasteiger partial charge in [0.1, 0.15) is 11.1 Å². The predicted octanol–water partition coefficient (Wildman–Crippen LogP) is 4.23. The highest BCUT2D eigenvalue weighted by Crippen LogP contribution is 2.25. The summed E-state index contributed by atoms with van der Waals surface area (Å²) < 4.78 is 10.6. The Morgan fingerprint density at radius 2 is 1.81 bits per heavy atom. The number of rotatable bonds is 3. The van der Waals surface area contributed by atoms with Crippen LogP contribution in [0.2, 0.25) is 5.02 Å². The minimum absolute atomic E-state index is 0.104. The lowest BCUT2D eigenvalue weighted by Gasteiger charge is -2.11. The predicted molar refractivity (Wildman–Crippen MR) is 101 cm³/mol. The molecular formula is C19H14ClN3O3. The SMILES string of the molecule is CN(C)c1ccc(-c2noc(-c3cc4cc(Cl)ccc4oc3=O)n2)cc1. The van der Waals surface area contributed by atoms with Crippen LogP contribution >= 0.6 is 11.6 Å². The zero-order chi connectivity index (χ0) is 18.3. The molecule has 0 unspecified atom stereocenters. The fraction of sp³-hybridized carbons (Fsp3) is 0.105. The van der Waals surface area contributed by atoms with Crippen LogP contribution in [-0.2, 0) is 0 Å². The van der Waals surface area contributed by atoms with E-state index in [1.807, 2.05) is 43.3 Å². The first kappa shape index (κ1) is 16.4. The second-order valence-electron chi connectivity index (χ2n) is 5.99. The van der Waals surface area contributed by atoms with E-state index < -0.39 is 5.63 Å².